The summed E-state index contributed by atoms with van der Waals surface area (Å²) in [5, 5.41) is 0. The van der Waals surface area contributed by atoms with Crippen LogP contribution in [0.4, 0.5) is 11.9 Å². The van der Waals surface area contributed by atoms with Crippen molar-refractivity contribution in [3.63, 3.8) is 0 Å². The van der Waals surface area contributed by atoms with Crippen molar-refractivity contribution in [1.82, 2.24) is 24.8 Å². The minimum atomic E-state index is 0.260. The highest BCUT2D eigenvalue weighted by molar-refractivity contribution is 5.35. The van der Waals surface area contributed by atoms with Crippen molar-refractivity contribution >= 4 is 11.9 Å². The molecule has 2 fully saturated rings. The third-order valence-corrected chi connectivity index (χ3v) is 6.35. The van der Waals surface area contributed by atoms with E-state index in [1.165, 1.54) is 11.1 Å². The third kappa shape index (κ3) is 5.30. The van der Waals surface area contributed by atoms with Crippen LogP contribution in [0.25, 0.3) is 0 Å². The Morgan fingerprint density at radius 2 is 1.36 bits per heavy atom. The van der Waals surface area contributed by atoms with Gasteiger partial charge in [-0.15, -0.1) is 0 Å². The molecule has 8 heteroatoms. The average Bonchev–Trinajstić information content (AvgIpc) is 2.87. The Balaban J connectivity index is 1.26. The molecular formula is C25H31N7O. The molecule has 0 atom stereocenters. The van der Waals surface area contributed by atoms with Crippen molar-refractivity contribution in [3.05, 3.63) is 77.6 Å². The van der Waals surface area contributed by atoms with Gasteiger partial charge in [-0.05, 0) is 11.1 Å². The number of ether oxygens (including phenoxy) is 1. The molecule has 5 rings (SSSR count). The van der Waals surface area contributed by atoms with E-state index in [-0.39, 0.29) is 12.0 Å². The topological polar surface area (TPSA) is 83.6 Å². The molecule has 8 nitrogen and oxygen atoms in total. The lowest BCUT2D eigenvalue weighted by atomic mass is 9.96. The predicted molar refractivity (Wildman–Crippen MR) is 129 cm³/mol. The standard InChI is InChI=1S/C25H31N7O/c26-24-27-22(28-25(29-24)32-15-17-33-18-16-32)19-30-11-13-31(14-12-30)23(20-7-3-1-4-8-20)21-9-5-2-6-10-21/h1-10,23H,11-19H2,(H2,26,27,28,29). The lowest BCUT2D eigenvalue weighted by molar-refractivity contribution is 0.103. The maximum Gasteiger partial charge on any atom is 0.230 e. The molecule has 1 aromatic heterocycles. The van der Waals surface area contributed by atoms with Crippen LogP contribution in [-0.2, 0) is 11.3 Å². The summed E-state index contributed by atoms with van der Waals surface area (Å²) in [5.74, 6) is 1.68. The Kier molecular flexibility index (Phi) is 6.76. The normalized spacial score (nSPS) is 18.0. The number of nitrogens with two attached hydrogens (primary N) is 1. The first kappa shape index (κ1) is 21.8. The van der Waals surface area contributed by atoms with Crippen LogP contribution < -0.4 is 10.6 Å². The van der Waals surface area contributed by atoms with E-state index in [9.17, 15) is 0 Å². The van der Waals surface area contributed by atoms with Crippen LogP contribution >= 0.6 is 0 Å². The van der Waals surface area contributed by atoms with Crippen LogP contribution in [-0.4, -0.2) is 77.2 Å². The number of nitrogen functional groups attached to an aromatic ring is 1. The number of morpholine rings is 1. The number of anilines is 2. The van der Waals surface area contributed by atoms with Crippen LogP contribution in [0.5, 0.6) is 0 Å². The van der Waals surface area contributed by atoms with Crippen molar-refractivity contribution in [2.75, 3.05) is 63.1 Å². The van der Waals surface area contributed by atoms with Crippen LogP contribution in [0.1, 0.15) is 23.0 Å². The first-order valence-corrected chi connectivity index (χ1v) is 11.7. The fraction of sp³-hybridized carbons (Fsp3) is 0.400. The van der Waals surface area contributed by atoms with Gasteiger partial charge in [0.1, 0.15) is 5.82 Å². The number of hydrogen-bond acceptors (Lipinski definition) is 8. The Morgan fingerprint density at radius 1 is 0.758 bits per heavy atom. The second-order valence-electron chi connectivity index (χ2n) is 8.55. The van der Waals surface area contributed by atoms with Gasteiger partial charge in [0.25, 0.3) is 0 Å². The van der Waals surface area contributed by atoms with Gasteiger partial charge >= 0.3 is 0 Å². The zero-order chi connectivity index (χ0) is 22.5. The predicted octanol–water partition coefficient (Wildman–Crippen LogP) is 2.20. The van der Waals surface area contributed by atoms with E-state index in [2.05, 4.69) is 85.3 Å². The smallest absolute Gasteiger partial charge is 0.230 e. The number of hydrogen-bond donors (Lipinski definition) is 1. The Morgan fingerprint density at radius 3 is 1.97 bits per heavy atom. The molecule has 3 aromatic rings. The van der Waals surface area contributed by atoms with Crippen molar-refractivity contribution < 1.29 is 4.74 Å². The molecule has 0 unspecified atom stereocenters. The maximum atomic E-state index is 6.01. The van der Waals surface area contributed by atoms with Gasteiger partial charge in [-0.3, -0.25) is 9.80 Å². The van der Waals surface area contributed by atoms with E-state index in [0.29, 0.717) is 25.7 Å². The van der Waals surface area contributed by atoms with Crippen LogP contribution in [0.15, 0.2) is 60.7 Å². The van der Waals surface area contributed by atoms with Gasteiger partial charge in [0, 0.05) is 39.3 Å². The molecule has 0 bridgehead atoms. The van der Waals surface area contributed by atoms with Gasteiger partial charge < -0.3 is 15.4 Å². The molecule has 33 heavy (non-hydrogen) atoms. The molecule has 2 aliphatic heterocycles. The van der Waals surface area contributed by atoms with Crippen molar-refractivity contribution in [3.8, 4) is 0 Å². The highest BCUT2D eigenvalue weighted by atomic mass is 16.5. The monoisotopic (exact) mass is 445 g/mol. The lowest BCUT2D eigenvalue weighted by Crippen LogP contribution is -2.47. The molecule has 0 amide bonds. The van der Waals surface area contributed by atoms with E-state index < -0.39 is 0 Å². The molecule has 0 spiro atoms. The largest absolute Gasteiger partial charge is 0.378 e. The minimum absolute atomic E-state index is 0.260. The summed E-state index contributed by atoms with van der Waals surface area (Å²) in [6.45, 7) is 7.48. The van der Waals surface area contributed by atoms with Gasteiger partial charge in [0.15, 0.2) is 0 Å². The second-order valence-corrected chi connectivity index (χ2v) is 8.55. The Hall–Kier alpha value is -3.07. The number of aromatic nitrogens is 3. The Labute approximate surface area is 195 Å². The SMILES string of the molecule is Nc1nc(CN2CCN(C(c3ccccc3)c3ccccc3)CC2)nc(N2CCOCC2)n1. The molecule has 172 valence electrons. The fourth-order valence-electron chi connectivity index (χ4n) is 4.67. The molecule has 0 radical (unpaired) electrons. The molecule has 3 heterocycles. The summed E-state index contributed by atoms with van der Waals surface area (Å²) in [4.78, 5) is 20.6. The zero-order valence-corrected chi connectivity index (χ0v) is 18.9. The van der Waals surface area contributed by atoms with Gasteiger partial charge in [0.2, 0.25) is 11.9 Å². The average molecular weight is 446 g/mol. The van der Waals surface area contributed by atoms with E-state index in [1.807, 2.05) is 0 Å². The molecule has 0 aliphatic carbocycles. The molecule has 2 aromatic carbocycles. The summed E-state index contributed by atoms with van der Waals surface area (Å²) < 4.78 is 5.44. The molecular weight excluding hydrogens is 414 g/mol. The number of nitrogens with zero attached hydrogens (tertiary/aromatic N) is 6. The van der Waals surface area contributed by atoms with Gasteiger partial charge in [-0.2, -0.15) is 15.0 Å². The minimum Gasteiger partial charge on any atom is -0.378 e. The molecule has 0 saturated carbocycles. The van der Waals surface area contributed by atoms with Crippen LogP contribution in [0.3, 0.4) is 0 Å². The highest BCUT2D eigenvalue weighted by Gasteiger charge is 2.27. The Bertz CT molecular complexity index is 980. The van der Waals surface area contributed by atoms with Crippen molar-refractivity contribution in [2.45, 2.75) is 12.6 Å². The highest BCUT2D eigenvalue weighted by Crippen LogP contribution is 2.29. The summed E-state index contributed by atoms with van der Waals surface area (Å²) in [5.41, 5.74) is 8.68. The van der Waals surface area contributed by atoms with Gasteiger partial charge in [-0.1, -0.05) is 60.7 Å². The summed E-state index contributed by atoms with van der Waals surface area (Å²) in [6, 6.07) is 21.8. The maximum absolute atomic E-state index is 6.01. The summed E-state index contributed by atoms with van der Waals surface area (Å²) >= 11 is 0. The van der Waals surface area contributed by atoms with Crippen LogP contribution in [0, 0.1) is 0 Å². The van der Waals surface area contributed by atoms with Crippen LogP contribution in [0.2, 0.25) is 0 Å². The summed E-state index contributed by atoms with van der Waals surface area (Å²) in [7, 11) is 0. The molecule has 2 aliphatic rings. The van der Waals surface area contributed by atoms with E-state index in [0.717, 1.165) is 45.1 Å². The quantitative estimate of drug-likeness (QED) is 0.618. The van der Waals surface area contributed by atoms with E-state index in [4.69, 9.17) is 15.5 Å². The fourth-order valence-corrected chi connectivity index (χ4v) is 4.67. The zero-order valence-electron chi connectivity index (χ0n) is 18.9. The van der Waals surface area contributed by atoms with Gasteiger partial charge in [0.05, 0.1) is 25.8 Å². The van der Waals surface area contributed by atoms with Gasteiger partial charge in [-0.25, -0.2) is 0 Å². The lowest BCUT2D eigenvalue weighted by Gasteiger charge is -2.39. The molecule has 2 N–H and O–H groups in total. The van der Waals surface area contributed by atoms with E-state index >= 15 is 0 Å². The second kappa shape index (κ2) is 10.2. The van der Waals surface area contributed by atoms with Crippen molar-refractivity contribution in [2.24, 2.45) is 0 Å². The number of benzene rings is 2. The summed E-state index contributed by atoms with van der Waals surface area (Å²) in [6.07, 6.45) is 0. The molecule has 2 saturated heterocycles. The third-order valence-electron chi connectivity index (χ3n) is 6.35. The first-order chi connectivity index (χ1) is 16.3. The number of piperazine rings is 1. The number of rotatable bonds is 6. The van der Waals surface area contributed by atoms with E-state index in [1.54, 1.807) is 0 Å². The van der Waals surface area contributed by atoms with Crippen molar-refractivity contribution in [1.29, 1.82) is 0 Å². The first-order valence-electron chi connectivity index (χ1n) is 11.7.